The Hall–Kier alpha value is -1.88. The van der Waals surface area contributed by atoms with E-state index in [1.165, 1.54) is 0 Å². The van der Waals surface area contributed by atoms with Gasteiger partial charge in [0.25, 0.3) is 5.91 Å². The molecule has 0 radical (unpaired) electrons. The van der Waals surface area contributed by atoms with Crippen LogP contribution in [0.2, 0.25) is 0 Å². The highest BCUT2D eigenvalue weighted by Crippen LogP contribution is 2.09. The normalized spacial score (nSPS) is 10.2. The van der Waals surface area contributed by atoms with Crippen molar-refractivity contribution in [3.63, 3.8) is 0 Å². The summed E-state index contributed by atoms with van der Waals surface area (Å²) in [6, 6.07) is 6.66. The number of ether oxygens (including phenoxy) is 1. The zero-order valence-electron chi connectivity index (χ0n) is 10.8. The fraction of sp³-hybridized carbons (Fsp3) is 0.385. The molecule has 0 saturated carbocycles. The highest BCUT2D eigenvalue weighted by molar-refractivity contribution is 5.95. The van der Waals surface area contributed by atoms with Crippen molar-refractivity contribution < 1.29 is 14.3 Å². The zero-order valence-corrected chi connectivity index (χ0v) is 10.8. The third-order valence-corrected chi connectivity index (χ3v) is 2.21. The van der Waals surface area contributed by atoms with Gasteiger partial charge in [-0.1, -0.05) is 0 Å². The molecule has 0 aliphatic carbocycles. The van der Waals surface area contributed by atoms with E-state index in [0.717, 1.165) is 0 Å². The molecule has 2 amide bonds. The van der Waals surface area contributed by atoms with Gasteiger partial charge in [0.1, 0.15) is 6.61 Å². The number of carbonyl (C=O) groups excluding carboxylic acids is 2. The lowest BCUT2D eigenvalue weighted by atomic mass is 10.2. The van der Waals surface area contributed by atoms with Crippen molar-refractivity contribution in [3.05, 3.63) is 29.8 Å². The first-order valence-corrected chi connectivity index (χ1v) is 5.76. The van der Waals surface area contributed by atoms with Gasteiger partial charge in [-0.05, 0) is 38.1 Å². The van der Waals surface area contributed by atoms with Gasteiger partial charge in [0.05, 0.1) is 6.10 Å². The van der Waals surface area contributed by atoms with Crippen molar-refractivity contribution in [3.8, 4) is 0 Å². The zero-order chi connectivity index (χ0) is 13.5. The predicted octanol–water partition coefficient (Wildman–Crippen LogP) is 1.41. The largest absolute Gasteiger partial charge is 0.369 e. The molecule has 0 saturated heterocycles. The summed E-state index contributed by atoms with van der Waals surface area (Å²) in [5, 5.41) is 5.21. The first kappa shape index (κ1) is 14.2. The van der Waals surface area contributed by atoms with E-state index in [2.05, 4.69) is 10.6 Å². The van der Waals surface area contributed by atoms with Gasteiger partial charge in [-0.15, -0.1) is 0 Å². The summed E-state index contributed by atoms with van der Waals surface area (Å²) < 4.78 is 5.18. The molecule has 1 aromatic carbocycles. The standard InChI is InChI=1S/C13H18N2O3/c1-9(2)18-8-12(16)15-11-6-4-10(5-7-11)13(17)14-3/h4-7,9H,8H2,1-3H3,(H,14,17)(H,15,16). The van der Waals surface area contributed by atoms with Crippen LogP contribution in [0.5, 0.6) is 0 Å². The number of carbonyl (C=O) groups is 2. The van der Waals surface area contributed by atoms with E-state index >= 15 is 0 Å². The van der Waals surface area contributed by atoms with Crippen molar-refractivity contribution in [1.29, 1.82) is 0 Å². The number of nitrogens with one attached hydrogen (secondary N) is 2. The molecule has 0 spiro atoms. The van der Waals surface area contributed by atoms with Crippen LogP contribution >= 0.6 is 0 Å². The topological polar surface area (TPSA) is 67.4 Å². The van der Waals surface area contributed by atoms with Gasteiger partial charge in [0.15, 0.2) is 0 Å². The fourth-order valence-electron chi connectivity index (χ4n) is 1.29. The van der Waals surface area contributed by atoms with Gasteiger partial charge in [-0.2, -0.15) is 0 Å². The maximum Gasteiger partial charge on any atom is 0.251 e. The predicted molar refractivity (Wildman–Crippen MR) is 69.5 cm³/mol. The molecular formula is C13H18N2O3. The van der Waals surface area contributed by atoms with Gasteiger partial charge in [-0.3, -0.25) is 9.59 Å². The molecule has 5 heteroatoms. The molecule has 18 heavy (non-hydrogen) atoms. The number of anilines is 1. The summed E-state index contributed by atoms with van der Waals surface area (Å²) in [5.74, 6) is -0.368. The molecule has 0 fully saturated rings. The second kappa shape index (κ2) is 6.76. The molecule has 1 rings (SSSR count). The van der Waals surface area contributed by atoms with Crippen LogP contribution < -0.4 is 10.6 Å². The summed E-state index contributed by atoms with van der Waals surface area (Å²) in [4.78, 5) is 22.8. The van der Waals surface area contributed by atoms with Crippen molar-refractivity contribution in [1.82, 2.24) is 5.32 Å². The third kappa shape index (κ3) is 4.55. The number of rotatable bonds is 5. The van der Waals surface area contributed by atoms with Crippen molar-refractivity contribution in [2.45, 2.75) is 20.0 Å². The van der Waals surface area contributed by atoms with Gasteiger partial charge in [0.2, 0.25) is 5.91 Å². The minimum Gasteiger partial charge on any atom is -0.369 e. The number of hydrogen-bond donors (Lipinski definition) is 2. The molecule has 1 aromatic rings. The molecule has 0 aromatic heterocycles. The number of benzene rings is 1. The fourth-order valence-corrected chi connectivity index (χ4v) is 1.29. The maximum absolute atomic E-state index is 11.5. The third-order valence-electron chi connectivity index (χ3n) is 2.21. The van der Waals surface area contributed by atoms with E-state index in [1.54, 1.807) is 31.3 Å². The number of hydrogen-bond acceptors (Lipinski definition) is 3. The first-order valence-electron chi connectivity index (χ1n) is 5.76. The lowest BCUT2D eigenvalue weighted by Gasteiger charge is -2.08. The van der Waals surface area contributed by atoms with Gasteiger partial charge in [0, 0.05) is 18.3 Å². The van der Waals surface area contributed by atoms with Crippen LogP contribution in [0.3, 0.4) is 0 Å². The van der Waals surface area contributed by atoms with E-state index < -0.39 is 0 Å². The van der Waals surface area contributed by atoms with Crippen molar-refractivity contribution in [2.75, 3.05) is 19.0 Å². The lowest BCUT2D eigenvalue weighted by Crippen LogP contribution is -2.21. The first-order chi connectivity index (χ1) is 8.52. The van der Waals surface area contributed by atoms with Gasteiger partial charge in [-0.25, -0.2) is 0 Å². The Morgan fingerprint density at radius 2 is 1.83 bits per heavy atom. The van der Waals surface area contributed by atoms with E-state index in [9.17, 15) is 9.59 Å². The Balaban J connectivity index is 2.53. The average Bonchev–Trinajstić information content (AvgIpc) is 2.36. The SMILES string of the molecule is CNC(=O)c1ccc(NC(=O)COC(C)C)cc1. The molecule has 0 bridgehead atoms. The van der Waals surface area contributed by atoms with Crippen molar-refractivity contribution in [2.24, 2.45) is 0 Å². The van der Waals surface area contributed by atoms with Crippen LogP contribution in [0, 0.1) is 0 Å². The quantitative estimate of drug-likeness (QED) is 0.830. The van der Waals surface area contributed by atoms with Crippen LogP contribution in [0.25, 0.3) is 0 Å². The summed E-state index contributed by atoms with van der Waals surface area (Å²) in [5.41, 5.74) is 1.19. The second-order valence-corrected chi connectivity index (χ2v) is 4.06. The molecular weight excluding hydrogens is 232 g/mol. The Bertz CT molecular complexity index is 413. The summed E-state index contributed by atoms with van der Waals surface area (Å²) in [7, 11) is 1.57. The molecule has 0 aliphatic rings. The van der Waals surface area contributed by atoms with Gasteiger partial charge < -0.3 is 15.4 Å². The van der Waals surface area contributed by atoms with Gasteiger partial charge >= 0.3 is 0 Å². The van der Waals surface area contributed by atoms with E-state index in [4.69, 9.17) is 4.74 Å². The maximum atomic E-state index is 11.5. The summed E-state index contributed by atoms with van der Waals surface area (Å²) in [6.07, 6.45) is 0.0198. The molecule has 2 N–H and O–H groups in total. The molecule has 0 atom stereocenters. The van der Waals surface area contributed by atoms with Crippen molar-refractivity contribution >= 4 is 17.5 Å². The Morgan fingerprint density at radius 1 is 1.22 bits per heavy atom. The molecule has 0 aliphatic heterocycles. The van der Waals surface area contributed by atoms with Crippen LogP contribution in [0.15, 0.2) is 24.3 Å². The minimum absolute atomic E-state index is 0.0198. The van der Waals surface area contributed by atoms with E-state index in [1.807, 2.05) is 13.8 Å². The Morgan fingerprint density at radius 3 is 2.33 bits per heavy atom. The van der Waals surface area contributed by atoms with Crippen LogP contribution in [0.1, 0.15) is 24.2 Å². The lowest BCUT2D eigenvalue weighted by molar-refractivity contribution is -0.121. The van der Waals surface area contributed by atoms with Crippen LogP contribution in [0.4, 0.5) is 5.69 Å². The second-order valence-electron chi connectivity index (χ2n) is 4.06. The highest BCUT2D eigenvalue weighted by Gasteiger charge is 2.05. The minimum atomic E-state index is -0.212. The molecule has 0 heterocycles. The summed E-state index contributed by atoms with van der Waals surface area (Å²) >= 11 is 0. The molecule has 5 nitrogen and oxygen atoms in total. The summed E-state index contributed by atoms with van der Waals surface area (Å²) in [6.45, 7) is 3.76. The highest BCUT2D eigenvalue weighted by atomic mass is 16.5. The number of amides is 2. The smallest absolute Gasteiger partial charge is 0.251 e. The molecule has 0 unspecified atom stereocenters. The van der Waals surface area contributed by atoms with Crippen LogP contribution in [-0.2, 0) is 9.53 Å². The molecule has 98 valence electrons. The average molecular weight is 250 g/mol. The van der Waals surface area contributed by atoms with E-state index in [-0.39, 0.29) is 24.5 Å². The Labute approximate surface area is 107 Å². The van der Waals surface area contributed by atoms with E-state index in [0.29, 0.717) is 11.3 Å². The monoisotopic (exact) mass is 250 g/mol. The Kier molecular flexibility index (Phi) is 5.32. The van der Waals surface area contributed by atoms with Crippen LogP contribution in [-0.4, -0.2) is 31.6 Å².